The van der Waals surface area contributed by atoms with Crippen LogP contribution in [0.3, 0.4) is 0 Å². The van der Waals surface area contributed by atoms with E-state index in [0.29, 0.717) is 10.8 Å². The number of primary amides is 1. The molecule has 1 aromatic heterocycles. The number of nitrogens with zero attached hydrogens (tertiary/aromatic N) is 3. The average Bonchev–Trinajstić information content (AvgIpc) is 2.56. The van der Waals surface area contributed by atoms with Crippen molar-refractivity contribution in [3.05, 3.63) is 41.2 Å². The van der Waals surface area contributed by atoms with Crippen LogP contribution in [-0.4, -0.2) is 42.1 Å². The van der Waals surface area contributed by atoms with Crippen molar-refractivity contribution in [3.8, 4) is 11.8 Å². The molecular weight excluding hydrogens is 318 g/mol. The van der Waals surface area contributed by atoms with E-state index in [1.807, 2.05) is 6.07 Å². The number of halogens is 1. The SMILES string of the molecule is NC(=O)c1ccnc(Oc2ccc(N3CCNCC3)c(Cl)c2)n1. The molecule has 0 atom stereocenters. The molecule has 7 nitrogen and oxygen atoms in total. The van der Waals surface area contributed by atoms with E-state index in [1.54, 1.807) is 12.1 Å². The number of rotatable bonds is 4. The molecule has 3 rings (SSSR count). The summed E-state index contributed by atoms with van der Waals surface area (Å²) in [6.45, 7) is 3.68. The Hall–Kier alpha value is -2.38. The molecule has 0 unspecified atom stereocenters. The quantitative estimate of drug-likeness (QED) is 0.879. The highest BCUT2D eigenvalue weighted by atomic mass is 35.5. The molecule has 2 heterocycles. The van der Waals surface area contributed by atoms with Crippen LogP contribution in [0.15, 0.2) is 30.5 Å². The van der Waals surface area contributed by atoms with Crippen molar-refractivity contribution in [1.29, 1.82) is 0 Å². The summed E-state index contributed by atoms with van der Waals surface area (Å²) in [5.41, 5.74) is 6.25. The van der Waals surface area contributed by atoms with Gasteiger partial charge in [-0.05, 0) is 18.2 Å². The summed E-state index contributed by atoms with van der Waals surface area (Å²) in [7, 11) is 0. The zero-order chi connectivity index (χ0) is 16.2. The summed E-state index contributed by atoms with van der Waals surface area (Å²) >= 11 is 6.35. The van der Waals surface area contributed by atoms with Crippen molar-refractivity contribution in [2.75, 3.05) is 31.1 Å². The number of amides is 1. The van der Waals surface area contributed by atoms with Gasteiger partial charge in [0, 0.05) is 38.4 Å². The molecule has 1 saturated heterocycles. The highest BCUT2D eigenvalue weighted by Crippen LogP contribution is 2.31. The van der Waals surface area contributed by atoms with Crippen LogP contribution in [0.5, 0.6) is 11.8 Å². The van der Waals surface area contributed by atoms with Gasteiger partial charge in [-0.2, -0.15) is 4.98 Å². The van der Waals surface area contributed by atoms with Crippen molar-refractivity contribution in [3.63, 3.8) is 0 Å². The van der Waals surface area contributed by atoms with Crippen molar-refractivity contribution < 1.29 is 9.53 Å². The van der Waals surface area contributed by atoms with Crippen molar-refractivity contribution in [2.24, 2.45) is 5.73 Å². The van der Waals surface area contributed by atoms with Gasteiger partial charge >= 0.3 is 6.01 Å². The average molecular weight is 334 g/mol. The molecule has 3 N–H and O–H groups in total. The highest BCUT2D eigenvalue weighted by molar-refractivity contribution is 6.33. The lowest BCUT2D eigenvalue weighted by Crippen LogP contribution is -2.43. The lowest BCUT2D eigenvalue weighted by Gasteiger charge is -2.30. The maximum absolute atomic E-state index is 11.1. The Morgan fingerprint density at radius 2 is 2.09 bits per heavy atom. The number of anilines is 1. The molecule has 120 valence electrons. The molecule has 1 amide bonds. The fraction of sp³-hybridized carbons (Fsp3) is 0.267. The normalized spacial score (nSPS) is 14.6. The Morgan fingerprint density at radius 1 is 1.30 bits per heavy atom. The number of carbonyl (C=O) groups is 1. The Labute approximate surface area is 138 Å². The minimum absolute atomic E-state index is 0.0484. The smallest absolute Gasteiger partial charge is 0.322 e. The fourth-order valence-corrected chi connectivity index (χ4v) is 2.64. The van der Waals surface area contributed by atoms with Crippen LogP contribution >= 0.6 is 11.6 Å². The molecule has 2 aromatic rings. The number of piperazine rings is 1. The predicted molar refractivity (Wildman–Crippen MR) is 87.2 cm³/mol. The van der Waals surface area contributed by atoms with E-state index in [4.69, 9.17) is 22.1 Å². The Balaban J connectivity index is 1.77. The molecule has 0 spiro atoms. The number of benzene rings is 1. The Bertz CT molecular complexity index is 719. The number of ether oxygens (including phenoxy) is 1. The van der Waals surface area contributed by atoms with E-state index >= 15 is 0 Å². The third-order valence-electron chi connectivity index (χ3n) is 3.47. The Morgan fingerprint density at radius 3 is 2.78 bits per heavy atom. The predicted octanol–water partition coefficient (Wildman–Crippen LogP) is 1.43. The van der Waals surface area contributed by atoms with Crippen LogP contribution < -0.4 is 20.7 Å². The number of nitrogens with two attached hydrogens (primary N) is 1. The summed E-state index contributed by atoms with van der Waals surface area (Å²) in [5.74, 6) is -0.139. The minimum atomic E-state index is -0.635. The number of carbonyl (C=O) groups excluding carboxylic acids is 1. The first-order valence-electron chi connectivity index (χ1n) is 7.19. The van der Waals surface area contributed by atoms with Crippen LogP contribution in [0.1, 0.15) is 10.5 Å². The molecule has 0 saturated carbocycles. The largest absolute Gasteiger partial charge is 0.424 e. The van der Waals surface area contributed by atoms with Gasteiger partial charge in [-0.15, -0.1) is 0 Å². The fourth-order valence-electron chi connectivity index (χ4n) is 2.35. The first-order chi connectivity index (χ1) is 11.1. The van der Waals surface area contributed by atoms with E-state index in [0.717, 1.165) is 31.9 Å². The van der Waals surface area contributed by atoms with Gasteiger partial charge in [0.05, 0.1) is 10.7 Å². The van der Waals surface area contributed by atoms with Gasteiger partial charge in [0.25, 0.3) is 5.91 Å². The molecule has 1 aliphatic rings. The van der Waals surface area contributed by atoms with Gasteiger partial charge in [0.1, 0.15) is 11.4 Å². The topological polar surface area (TPSA) is 93.4 Å². The number of hydrogen-bond acceptors (Lipinski definition) is 6. The summed E-state index contributed by atoms with van der Waals surface area (Å²) in [5, 5.41) is 3.89. The molecule has 0 bridgehead atoms. The molecule has 8 heteroatoms. The molecule has 23 heavy (non-hydrogen) atoms. The maximum Gasteiger partial charge on any atom is 0.322 e. The van der Waals surface area contributed by atoms with Crippen LogP contribution in [-0.2, 0) is 0 Å². The van der Waals surface area contributed by atoms with Crippen LogP contribution in [0.2, 0.25) is 5.02 Å². The second-order valence-electron chi connectivity index (χ2n) is 5.04. The summed E-state index contributed by atoms with van der Waals surface area (Å²) in [6, 6.07) is 6.88. The lowest BCUT2D eigenvalue weighted by atomic mass is 10.2. The molecule has 1 aromatic carbocycles. The molecular formula is C15H16ClN5O2. The standard InChI is InChI=1S/C15H16ClN5O2/c16-11-9-10(1-2-13(11)21-7-5-18-6-8-21)23-15-19-4-3-12(20-15)14(17)22/h1-4,9,18H,5-8H2,(H2,17,22). The first-order valence-corrected chi connectivity index (χ1v) is 7.57. The summed E-state index contributed by atoms with van der Waals surface area (Å²) < 4.78 is 5.55. The van der Waals surface area contributed by atoms with Gasteiger partial charge in [0.2, 0.25) is 0 Å². The van der Waals surface area contributed by atoms with Crippen molar-refractivity contribution in [2.45, 2.75) is 0 Å². The van der Waals surface area contributed by atoms with Crippen LogP contribution in [0.4, 0.5) is 5.69 Å². The molecule has 0 aliphatic carbocycles. The monoisotopic (exact) mass is 333 g/mol. The van der Waals surface area contributed by atoms with E-state index in [2.05, 4.69) is 20.2 Å². The number of aromatic nitrogens is 2. The van der Waals surface area contributed by atoms with E-state index in [-0.39, 0.29) is 11.7 Å². The molecule has 1 aliphatic heterocycles. The first kappa shape index (κ1) is 15.5. The van der Waals surface area contributed by atoms with E-state index in [1.165, 1.54) is 12.3 Å². The zero-order valence-corrected chi connectivity index (χ0v) is 13.1. The minimum Gasteiger partial charge on any atom is -0.424 e. The summed E-state index contributed by atoms with van der Waals surface area (Å²) in [4.78, 5) is 21.2. The van der Waals surface area contributed by atoms with Crippen molar-refractivity contribution >= 4 is 23.2 Å². The van der Waals surface area contributed by atoms with Crippen LogP contribution in [0, 0.1) is 0 Å². The Kier molecular flexibility index (Phi) is 4.59. The van der Waals surface area contributed by atoms with E-state index < -0.39 is 5.91 Å². The summed E-state index contributed by atoms with van der Waals surface area (Å²) in [6.07, 6.45) is 1.42. The van der Waals surface area contributed by atoms with Gasteiger partial charge in [-0.1, -0.05) is 11.6 Å². The maximum atomic E-state index is 11.1. The van der Waals surface area contributed by atoms with E-state index in [9.17, 15) is 4.79 Å². The van der Waals surface area contributed by atoms with Gasteiger partial charge in [-0.3, -0.25) is 4.79 Å². The third kappa shape index (κ3) is 3.69. The number of nitrogens with one attached hydrogen (secondary N) is 1. The second kappa shape index (κ2) is 6.80. The van der Waals surface area contributed by atoms with Gasteiger partial charge in [-0.25, -0.2) is 4.98 Å². The van der Waals surface area contributed by atoms with Gasteiger partial charge < -0.3 is 20.7 Å². The lowest BCUT2D eigenvalue weighted by molar-refractivity contribution is 0.0994. The number of hydrogen-bond donors (Lipinski definition) is 2. The third-order valence-corrected chi connectivity index (χ3v) is 3.77. The van der Waals surface area contributed by atoms with Crippen LogP contribution in [0.25, 0.3) is 0 Å². The zero-order valence-electron chi connectivity index (χ0n) is 12.3. The van der Waals surface area contributed by atoms with Gasteiger partial charge in [0.15, 0.2) is 0 Å². The molecule has 1 fully saturated rings. The van der Waals surface area contributed by atoms with Crippen molar-refractivity contribution in [1.82, 2.24) is 15.3 Å². The molecule has 0 radical (unpaired) electrons. The highest BCUT2D eigenvalue weighted by Gasteiger charge is 2.14. The second-order valence-corrected chi connectivity index (χ2v) is 5.45.